The molecular formula is C24H36O3. The smallest absolute Gasteiger partial charge is 0.157 e. The van der Waals surface area contributed by atoms with Crippen LogP contribution in [0.5, 0.6) is 0 Å². The van der Waals surface area contributed by atoms with Crippen molar-refractivity contribution in [1.82, 2.24) is 0 Å². The lowest BCUT2D eigenvalue weighted by Gasteiger charge is -2.57. The summed E-state index contributed by atoms with van der Waals surface area (Å²) in [5.41, 5.74) is 1.98. The van der Waals surface area contributed by atoms with Gasteiger partial charge in [-0.2, -0.15) is 0 Å². The molecule has 0 amide bonds. The molecule has 4 fully saturated rings. The Morgan fingerprint density at radius 2 is 1.85 bits per heavy atom. The molecule has 3 saturated carbocycles. The lowest BCUT2D eigenvalue weighted by atomic mass is 9.48. The molecule has 0 unspecified atom stereocenters. The quantitative estimate of drug-likeness (QED) is 0.606. The second kappa shape index (κ2) is 6.69. The Hall–Kier alpha value is -0.670. The van der Waals surface area contributed by atoms with Crippen LogP contribution in [0.25, 0.3) is 0 Å². The van der Waals surface area contributed by atoms with Crippen molar-refractivity contribution >= 4 is 5.78 Å². The lowest BCUT2D eigenvalue weighted by Crippen LogP contribution is -2.50. The van der Waals surface area contributed by atoms with Gasteiger partial charge >= 0.3 is 0 Å². The van der Waals surface area contributed by atoms with Crippen LogP contribution in [0.3, 0.4) is 0 Å². The Morgan fingerprint density at radius 1 is 1.04 bits per heavy atom. The highest BCUT2D eigenvalue weighted by atomic mass is 16.7. The van der Waals surface area contributed by atoms with E-state index in [2.05, 4.69) is 19.9 Å². The molecule has 1 heterocycles. The topological polar surface area (TPSA) is 35.5 Å². The van der Waals surface area contributed by atoms with Crippen LogP contribution in [-0.2, 0) is 14.3 Å². The van der Waals surface area contributed by atoms with Crippen LogP contribution in [-0.4, -0.2) is 24.8 Å². The van der Waals surface area contributed by atoms with E-state index in [1.54, 1.807) is 5.57 Å². The van der Waals surface area contributed by atoms with Gasteiger partial charge in [0.15, 0.2) is 6.29 Å². The van der Waals surface area contributed by atoms with Gasteiger partial charge in [-0.15, -0.1) is 0 Å². The summed E-state index contributed by atoms with van der Waals surface area (Å²) in [6, 6.07) is 0. The second-order valence-electron chi connectivity index (χ2n) is 10.5. The van der Waals surface area contributed by atoms with Gasteiger partial charge in [0.05, 0.1) is 6.10 Å². The number of allylic oxidation sites excluding steroid dienone is 1. The average Bonchev–Trinajstić information content (AvgIpc) is 2.98. The lowest BCUT2D eigenvalue weighted by molar-refractivity contribution is -0.195. The minimum absolute atomic E-state index is 0.0124. The fourth-order valence-corrected chi connectivity index (χ4v) is 7.55. The summed E-state index contributed by atoms with van der Waals surface area (Å²) in [6.45, 7) is 5.67. The van der Waals surface area contributed by atoms with Crippen LogP contribution in [0.2, 0.25) is 0 Å². The van der Waals surface area contributed by atoms with Crippen LogP contribution in [0.15, 0.2) is 11.6 Å². The van der Waals surface area contributed by atoms with E-state index in [9.17, 15) is 4.79 Å². The maximum absolute atomic E-state index is 12.6. The molecule has 27 heavy (non-hydrogen) atoms. The Labute approximate surface area is 164 Å². The molecule has 0 radical (unpaired) electrons. The predicted octanol–water partition coefficient (Wildman–Crippen LogP) is 5.43. The largest absolute Gasteiger partial charge is 0.353 e. The average molecular weight is 373 g/mol. The third kappa shape index (κ3) is 2.87. The maximum Gasteiger partial charge on any atom is 0.157 e. The Balaban J connectivity index is 1.32. The van der Waals surface area contributed by atoms with Crippen LogP contribution >= 0.6 is 0 Å². The first kappa shape index (κ1) is 18.4. The zero-order chi connectivity index (χ0) is 18.6. The van der Waals surface area contributed by atoms with E-state index in [1.807, 2.05) is 0 Å². The third-order valence-electron chi connectivity index (χ3n) is 9.25. The molecule has 150 valence electrons. The molecule has 4 aliphatic carbocycles. The number of rotatable bonds is 2. The fraction of sp³-hybridized carbons (Fsp3) is 0.875. The maximum atomic E-state index is 12.6. The summed E-state index contributed by atoms with van der Waals surface area (Å²) >= 11 is 0. The summed E-state index contributed by atoms with van der Waals surface area (Å²) < 4.78 is 12.2. The van der Waals surface area contributed by atoms with E-state index >= 15 is 0 Å². The zero-order valence-corrected chi connectivity index (χ0v) is 17.2. The van der Waals surface area contributed by atoms with Crippen molar-refractivity contribution in [3.8, 4) is 0 Å². The molecule has 5 aliphatic rings. The van der Waals surface area contributed by atoms with Crippen LogP contribution < -0.4 is 0 Å². The highest BCUT2D eigenvalue weighted by molar-refractivity contribution is 5.87. The van der Waals surface area contributed by atoms with Crippen molar-refractivity contribution in [2.45, 2.75) is 96.9 Å². The number of fused-ring (bicyclic) bond motifs is 5. The van der Waals surface area contributed by atoms with Gasteiger partial charge in [-0.25, -0.2) is 0 Å². The number of ketones is 1. The molecule has 0 aromatic carbocycles. The monoisotopic (exact) mass is 372 g/mol. The van der Waals surface area contributed by atoms with E-state index in [0.717, 1.165) is 57.0 Å². The zero-order valence-electron chi connectivity index (χ0n) is 17.2. The molecule has 3 heteroatoms. The molecule has 0 aromatic rings. The first-order valence-corrected chi connectivity index (χ1v) is 11.5. The summed E-state index contributed by atoms with van der Waals surface area (Å²) in [5, 5.41) is 0. The highest BCUT2D eigenvalue weighted by Gasteiger charge is 2.58. The summed E-state index contributed by atoms with van der Waals surface area (Å²) in [6.07, 6.45) is 15.4. The molecule has 0 N–H and O–H groups in total. The van der Waals surface area contributed by atoms with Crippen LogP contribution in [0, 0.1) is 28.6 Å². The van der Waals surface area contributed by atoms with Crippen molar-refractivity contribution in [3.63, 3.8) is 0 Å². The number of hydrogen-bond donors (Lipinski definition) is 0. The molecule has 0 spiro atoms. The molecular weight excluding hydrogens is 336 g/mol. The molecule has 0 aromatic heterocycles. The Bertz CT molecular complexity index is 634. The van der Waals surface area contributed by atoms with E-state index < -0.39 is 0 Å². The van der Waals surface area contributed by atoms with Gasteiger partial charge in [0.2, 0.25) is 0 Å². The highest BCUT2D eigenvalue weighted by Crippen LogP contribution is 2.64. The van der Waals surface area contributed by atoms with Gasteiger partial charge in [0.1, 0.15) is 5.78 Å². The van der Waals surface area contributed by atoms with Gasteiger partial charge in [0.25, 0.3) is 0 Å². The molecule has 3 nitrogen and oxygen atoms in total. The first-order chi connectivity index (χ1) is 13.0. The van der Waals surface area contributed by atoms with E-state index in [-0.39, 0.29) is 11.7 Å². The van der Waals surface area contributed by atoms with Gasteiger partial charge in [-0.3, -0.25) is 4.79 Å². The number of carbonyl (C=O) groups is 1. The molecule has 5 rings (SSSR count). The minimum Gasteiger partial charge on any atom is -0.353 e. The number of Topliss-reactive ketones (excluding diaryl/α,β-unsaturated/α-hetero) is 1. The SMILES string of the molecule is C[C@]12CC[C@@H](O[C@@H]3CCCCO3)CC1=CC[C@@H]1[C@@H]2CC[C@]2(C)C(=O)CC[C@@H]12. The molecule has 7 atom stereocenters. The number of hydrogen-bond acceptors (Lipinski definition) is 3. The molecule has 1 saturated heterocycles. The normalized spacial score (nSPS) is 49.8. The van der Waals surface area contributed by atoms with E-state index in [1.165, 1.54) is 32.1 Å². The molecule has 0 bridgehead atoms. The van der Waals surface area contributed by atoms with Gasteiger partial charge in [0, 0.05) is 18.4 Å². The Kier molecular flexibility index (Phi) is 4.55. The van der Waals surface area contributed by atoms with E-state index in [4.69, 9.17) is 9.47 Å². The number of ether oxygens (including phenoxy) is 2. The van der Waals surface area contributed by atoms with E-state index in [0.29, 0.717) is 23.2 Å². The summed E-state index contributed by atoms with van der Waals surface area (Å²) in [7, 11) is 0. The van der Waals surface area contributed by atoms with Gasteiger partial charge in [-0.05, 0) is 87.4 Å². The van der Waals surface area contributed by atoms with Gasteiger partial charge < -0.3 is 9.47 Å². The van der Waals surface area contributed by atoms with Crippen LogP contribution in [0.4, 0.5) is 0 Å². The van der Waals surface area contributed by atoms with Crippen molar-refractivity contribution in [2.75, 3.05) is 6.61 Å². The van der Waals surface area contributed by atoms with Crippen LogP contribution in [0.1, 0.15) is 84.5 Å². The van der Waals surface area contributed by atoms with Crippen molar-refractivity contribution in [1.29, 1.82) is 0 Å². The minimum atomic E-state index is -0.0124. The summed E-state index contributed by atoms with van der Waals surface area (Å²) in [5.74, 6) is 2.68. The fourth-order valence-electron chi connectivity index (χ4n) is 7.55. The van der Waals surface area contributed by atoms with Crippen molar-refractivity contribution in [3.05, 3.63) is 11.6 Å². The first-order valence-electron chi connectivity index (χ1n) is 11.5. The predicted molar refractivity (Wildman–Crippen MR) is 105 cm³/mol. The second-order valence-corrected chi connectivity index (χ2v) is 10.5. The molecule has 1 aliphatic heterocycles. The van der Waals surface area contributed by atoms with Crippen molar-refractivity contribution < 1.29 is 14.3 Å². The Morgan fingerprint density at radius 3 is 2.67 bits per heavy atom. The summed E-state index contributed by atoms with van der Waals surface area (Å²) in [4.78, 5) is 12.6. The number of carbonyl (C=O) groups excluding carboxylic acids is 1. The van der Waals surface area contributed by atoms with Crippen molar-refractivity contribution in [2.24, 2.45) is 28.6 Å². The van der Waals surface area contributed by atoms with Gasteiger partial charge in [-0.1, -0.05) is 25.5 Å². The third-order valence-corrected chi connectivity index (χ3v) is 9.25. The standard InChI is InChI=1S/C24H36O3/c1-23-12-10-17(27-22-5-3-4-14-26-22)15-16(23)6-7-18-19-8-9-21(25)24(19,2)13-11-20(18)23/h6,17-20,22H,3-5,7-15H2,1-2H3/t17-,18+,19+,20+,22-,23+,24+/m1/s1.